The molecule has 0 unspecified atom stereocenters. The number of nitrogens with zero attached hydrogens (tertiary/aromatic N) is 5. The second-order valence-electron chi connectivity index (χ2n) is 12.6. The maximum Gasteiger partial charge on any atom is 0.254 e. The Morgan fingerprint density at radius 2 is 1.82 bits per heavy atom. The lowest BCUT2D eigenvalue weighted by Crippen LogP contribution is -2.39. The Bertz CT molecular complexity index is 1570. The monoisotopic (exact) mass is 539 g/mol. The van der Waals surface area contributed by atoms with Gasteiger partial charge in [0.15, 0.2) is 5.82 Å². The normalized spacial score (nSPS) is 20.5. The second kappa shape index (κ2) is 10.2. The number of imidazole rings is 1. The Hall–Kier alpha value is -3.35. The van der Waals surface area contributed by atoms with E-state index in [2.05, 4.69) is 41.3 Å². The molecule has 2 aliphatic carbocycles. The van der Waals surface area contributed by atoms with Crippen molar-refractivity contribution < 1.29 is 9.53 Å². The number of benzene rings is 1. The van der Waals surface area contributed by atoms with E-state index < -0.39 is 0 Å². The first-order valence-electron chi connectivity index (χ1n) is 15.3. The van der Waals surface area contributed by atoms with E-state index >= 15 is 0 Å². The van der Waals surface area contributed by atoms with Crippen LogP contribution in [0.25, 0.3) is 33.6 Å². The summed E-state index contributed by atoms with van der Waals surface area (Å²) in [5.74, 6) is 3.46. The number of carbonyl (C=O) groups excluding carboxylic acids is 1. The van der Waals surface area contributed by atoms with Gasteiger partial charge in [-0.2, -0.15) is 0 Å². The number of rotatable bonds is 6. The molecule has 40 heavy (non-hydrogen) atoms. The average Bonchev–Trinajstić information content (AvgIpc) is 3.65. The molecule has 4 aromatic rings. The molecule has 1 amide bonds. The van der Waals surface area contributed by atoms with E-state index in [0.717, 1.165) is 54.3 Å². The number of carbonyl (C=O) groups is 1. The molecule has 1 aliphatic heterocycles. The third-order valence-corrected chi connectivity index (χ3v) is 9.50. The van der Waals surface area contributed by atoms with Gasteiger partial charge in [-0.1, -0.05) is 26.2 Å². The highest BCUT2D eigenvalue weighted by Crippen LogP contribution is 2.39. The summed E-state index contributed by atoms with van der Waals surface area (Å²) in [5.41, 5.74) is 5.79. The van der Waals surface area contributed by atoms with E-state index in [1.807, 2.05) is 17.0 Å². The number of fused-ring (bicyclic) bond motifs is 2. The first-order chi connectivity index (χ1) is 19.5. The molecule has 7 heteroatoms. The summed E-state index contributed by atoms with van der Waals surface area (Å²) in [6.45, 7) is 4.82. The van der Waals surface area contributed by atoms with Gasteiger partial charge in [0.2, 0.25) is 0 Å². The zero-order valence-corrected chi connectivity index (χ0v) is 24.2. The van der Waals surface area contributed by atoms with Gasteiger partial charge in [-0.3, -0.25) is 4.79 Å². The molecule has 0 spiro atoms. The molecule has 2 saturated carbocycles. The minimum atomic E-state index is 0.0706. The fourth-order valence-corrected chi connectivity index (χ4v) is 7.07. The average molecular weight is 540 g/mol. The quantitative estimate of drug-likeness (QED) is 0.267. The first kappa shape index (κ1) is 25.6. The molecule has 4 heterocycles. The van der Waals surface area contributed by atoms with Crippen molar-refractivity contribution in [3.8, 4) is 17.3 Å². The Balaban J connectivity index is 1.32. The summed E-state index contributed by atoms with van der Waals surface area (Å²) < 4.78 is 10.4. The molecular weight excluding hydrogens is 498 g/mol. The van der Waals surface area contributed by atoms with Gasteiger partial charge in [0.25, 0.3) is 5.91 Å². The SMILES string of the molecule is COc1cc(C(=O)N2CCC[C@@H](C)C2)cc2nc(-c3cc4ccc(C5CCCCC5)nc4n3CC3CC3)n(C)c12. The van der Waals surface area contributed by atoms with E-state index in [0.29, 0.717) is 29.1 Å². The van der Waals surface area contributed by atoms with Crippen LogP contribution in [0.15, 0.2) is 30.3 Å². The van der Waals surface area contributed by atoms with E-state index in [1.54, 1.807) is 7.11 Å². The van der Waals surface area contributed by atoms with Crippen molar-refractivity contribution in [2.75, 3.05) is 20.2 Å². The van der Waals surface area contributed by atoms with E-state index in [1.165, 1.54) is 62.4 Å². The molecule has 3 aliphatic rings. The smallest absolute Gasteiger partial charge is 0.254 e. The van der Waals surface area contributed by atoms with Crippen LogP contribution in [0.2, 0.25) is 0 Å². The van der Waals surface area contributed by atoms with Crippen molar-refractivity contribution in [1.29, 1.82) is 0 Å². The van der Waals surface area contributed by atoms with Crippen LogP contribution in [0.4, 0.5) is 0 Å². The first-order valence-corrected chi connectivity index (χ1v) is 15.3. The Morgan fingerprint density at radius 3 is 2.58 bits per heavy atom. The van der Waals surface area contributed by atoms with Gasteiger partial charge in [0.1, 0.15) is 16.9 Å². The number of aromatic nitrogens is 4. The summed E-state index contributed by atoms with van der Waals surface area (Å²) in [6, 6.07) is 10.6. The molecule has 7 nitrogen and oxygen atoms in total. The zero-order chi connectivity index (χ0) is 27.4. The van der Waals surface area contributed by atoms with Gasteiger partial charge in [0, 0.05) is 49.2 Å². The molecule has 1 saturated heterocycles. The largest absolute Gasteiger partial charge is 0.494 e. The van der Waals surface area contributed by atoms with E-state index in [-0.39, 0.29) is 5.91 Å². The predicted molar refractivity (Wildman–Crippen MR) is 159 cm³/mol. The number of piperidine rings is 1. The molecule has 1 aromatic carbocycles. The fourth-order valence-electron chi connectivity index (χ4n) is 7.07. The van der Waals surface area contributed by atoms with Crippen molar-refractivity contribution in [3.05, 3.63) is 41.6 Å². The van der Waals surface area contributed by atoms with Gasteiger partial charge in [0.05, 0.1) is 18.3 Å². The standard InChI is InChI=1S/C33H41N5O2/c1-21-8-7-15-37(19-21)33(39)25-16-27-30(29(18-25)40-3)36(2)32(35-27)28-17-24-13-14-26(23-9-5-4-6-10-23)34-31(24)38(28)20-22-11-12-22/h13-14,16-18,21-23H,4-12,15,19-20H2,1-3H3/t21-/m1/s1. The molecule has 1 atom stereocenters. The summed E-state index contributed by atoms with van der Waals surface area (Å²) in [7, 11) is 3.74. The molecule has 3 aromatic heterocycles. The molecule has 0 N–H and O–H groups in total. The van der Waals surface area contributed by atoms with Gasteiger partial charge in [-0.15, -0.1) is 0 Å². The number of hydrogen-bond acceptors (Lipinski definition) is 4. The second-order valence-corrected chi connectivity index (χ2v) is 12.6. The maximum absolute atomic E-state index is 13.5. The molecular formula is C33H41N5O2. The number of aryl methyl sites for hydroxylation is 1. The fraction of sp³-hybridized carbons (Fsp3) is 0.545. The van der Waals surface area contributed by atoms with Crippen molar-refractivity contribution in [3.63, 3.8) is 0 Å². The Morgan fingerprint density at radius 1 is 1.00 bits per heavy atom. The van der Waals surface area contributed by atoms with Crippen molar-refractivity contribution in [2.24, 2.45) is 18.9 Å². The topological polar surface area (TPSA) is 65.2 Å². The van der Waals surface area contributed by atoms with Crippen LogP contribution in [-0.2, 0) is 13.6 Å². The molecule has 210 valence electrons. The van der Waals surface area contributed by atoms with Crippen LogP contribution in [0, 0.1) is 11.8 Å². The Kier molecular flexibility index (Phi) is 6.56. The number of pyridine rings is 1. The van der Waals surface area contributed by atoms with Crippen molar-refractivity contribution >= 4 is 28.0 Å². The Labute approximate surface area is 236 Å². The highest BCUT2D eigenvalue weighted by Gasteiger charge is 2.28. The van der Waals surface area contributed by atoms with Gasteiger partial charge >= 0.3 is 0 Å². The molecule has 3 fully saturated rings. The van der Waals surface area contributed by atoms with Gasteiger partial charge in [-0.05, 0) is 80.7 Å². The van der Waals surface area contributed by atoms with E-state index in [4.69, 9.17) is 14.7 Å². The third kappa shape index (κ3) is 4.57. The van der Waals surface area contributed by atoms with Crippen LogP contribution in [0.1, 0.15) is 86.7 Å². The lowest BCUT2D eigenvalue weighted by molar-refractivity contribution is 0.0683. The van der Waals surface area contributed by atoms with Crippen LogP contribution >= 0.6 is 0 Å². The highest BCUT2D eigenvalue weighted by molar-refractivity contribution is 6.00. The number of likely N-dealkylation sites (tertiary alicyclic amines) is 1. The van der Waals surface area contributed by atoms with Crippen LogP contribution in [0.5, 0.6) is 5.75 Å². The number of amides is 1. The number of ether oxygens (including phenoxy) is 1. The minimum Gasteiger partial charge on any atom is -0.494 e. The van der Waals surface area contributed by atoms with Crippen LogP contribution < -0.4 is 4.74 Å². The van der Waals surface area contributed by atoms with Crippen molar-refractivity contribution in [2.45, 2.75) is 77.2 Å². The number of methoxy groups -OCH3 is 1. The molecule has 0 radical (unpaired) electrons. The summed E-state index contributed by atoms with van der Waals surface area (Å²) >= 11 is 0. The molecule has 0 bridgehead atoms. The van der Waals surface area contributed by atoms with E-state index in [9.17, 15) is 4.79 Å². The maximum atomic E-state index is 13.5. The summed E-state index contributed by atoms with van der Waals surface area (Å²) in [6.07, 6.45) is 11.2. The summed E-state index contributed by atoms with van der Waals surface area (Å²) in [4.78, 5) is 25.9. The minimum absolute atomic E-state index is 0.0706. The number of hydrogen-bond donors (Lipinski definition) is 0. The van der Waals surface area contributed by atoms with Crippen LogP contribution in [-0.4, -0.2) is 50.1 Å². The highest BCUT2D eigenvalue weighted by atomic mass is 16.5. The van der Waals surface area contributed by atoms with Gasteiger partial charge < -0.3 is 18.8 Å². The summed E-state index contributed by atoms with van der Waals surface area (Å²) in [5, 5.41) is 1.17. The lowest BCUT2D eigenvalue weighted by Gasteiger charge is -2.31. The zero-order valence-electron chi connectivity index (χ0n) is 24.2. The lowest BCUT2D eigenvalue weighted by atomic mass is 9.86. The predicted octanol–water partition coefficient (Wildman–Crippen LogP) is 6.93. The van der Waals surface area contributed by atoms with Gasteiger partial charge in [-0.25, -0.2) is 9.97 Å². The third-order valence-electron chi connectivity index (χ3n) is 9.50. The van der Waals surface area contributed by atoms with Crippen LogP contribution in [0.3, 0.4) is 0 Å². The van der Waals surface area contributed by atoms with Crippen molar-refractivity contribution in [1.82, 2.24) is 24.0 Å². The molecule has 7 rings (SSSR count).